The van der Waals surface area contributed by atoms with Crippen molar-refractivity contribution < 1.29 is 9.53 Å². The van der Waals surface area contributed by atoms with Gasteiger partial charge in [0.25, 0.3) is 0 Å². The van der Waals surface area contributed by atoms with E-state index in [9.17, 15) is 4.79 Å². The number of urea groups is 1. The third-order valence-electron chi connectivity index (χ3n) is 3.26. The number of hydrogen-bond donors (Lipinski definition) is 1. The molecule has 0 spiro atoms. The lowest BCUT2D eigenvalue weighted by atomic mass is 10.1. The van der Waals surface area contributed by atoms with E-state index < -0.39 is 0 Å². The van der Waals surface area contributed by atoms with Crippen LogP contribution in [0.3, 0.4) is 0 Å². The quantitative estimate of drug-likeness (QED) is 0.868. The fourth-order valence-corrected chi connectivity index (χ4v) is 2.18. The maximum atomic E-state index is 11.8. The van der Waals surface area contributed by atoms with Gasteiger partial charge in [-0.2, -0.15) is 0 Å². The number of carbonyl (C=O) groups excluding carboxylic acids is 1. The first-order valence-electron chi connectivity index (χ1n) is 6.02. The number of amides is 2. The first-order chi connectivity index (χ1) is 8.63. The van der Waals surface area contributed by atoms with Crippen molar-refractivity contribution in [3.63, 3.8) is 0 Å². The molecule has 18 heavy (non-hydrogen) atoms. The number of nitrogens with zero attached hydrogens (tertiary/aromatic N) is 2. The molecule has 2 rings (SSSR count). The van der Waals surface area contributed by atoms with E-state index in [1.54, 1.807) is 24.0 Å². The molecule has 5 nitrogen and oxygen atoms in total. The Morgan fingerprint density at radius 1 is 1.39 bits per heavy atom. The molecule has 0 radical (unpaired) electrons. The highest BCUT2D eigenvalue weighted by Gasteiger charge is 2.27. The van der Waals surface area contributed by atoms with Crippen molar-refractivity contribution >= 4 is 6.03 Å². The lowest BCUT2D eigenvalue weighted by Gasteiger charge is -2.22. The maximum Gasteiger partial charge on any atom is 0.319 e. The molecule has 1 fully saturated rings. The van der Waals surface area contributed by atoms with E-state index in [0.29, 0.717) is 6.54 Å². The maximum absolute atomic E-state index is 11.8. The molecule has 1 unspecified atom stereocenters. The summed E-state index contributed by atoms with van der Waals surface area (Å²) < 4.78 is 5.29. The first-order valence-corrected chi connectivity index (χ1v) is 6.02. The molecule has 0 bridgehead atoms. The van der Waals surface area contributed by atoms with Crippen LogP contribution in [0.2, 0.25) is 0 Å². The number of likely N-dealkylation sites (N-methyl/N-ethyl adjacent to an activating group) is 1. The molecule has 5 heteroatoms. The van der Waals surface area contributed by atoms with Crippen molar-refractivity contribution in [3.05, 3.63) is 29.8 Å². The minimum Gasteiger partial charge on any atom is -0.496 e. The normalized spacial score (nSPS) is 17.2. The molecular weight excluding hydrogens is 230 g/mol. The van der Waals surface area contributed by atoms with Gasteiger partial charge < -0.3 is 20.3 Å². The number of hydrogen-bond acceptors (Lipinski definition) is 3. The Kier molecular flexibility index (Phi) is 3.72. The summed E-state index contributed by atoms with van der Waals surface area (Å²) in [6.07, 6.45) is 0. The first kappa shape index (κ1) is 12.7. The van der Waals surface area contributed by atoms with Gasteiger partial charge in [0.2, 0.25) is 0 Å². The number of ether oxygens (including phenoxy) is 1. The van der Waals surface area contributed by atoms with Crippen LogP contribution < -0.4 is 10.5 Å². The summed E-state index contributed by atoms with van der Waals surface area (Å²) in [4.78, 5) is 15.3. The van der Waals surface area contributed by atoms with Gasteiger partial charge in [0.05, 0.1) is 13.2 Å². The number of carbonyl (C=O) groups is 1. The summed E-state index contributed by atoms with van der Waals surface area (Å²) in [5, 5.41) is 0. The van der Waals surface area contributed by atoms with Gasteiger partial charge in [-0.25, -0.2) is 4.79 Å². The molecule has 0 aromatic heterocycles. The fraction of sp³-hybridized carbons (Fsp3) is 0.462. The number of para-hydroxylation sites is 1. The summed E-state index contributed by atoms with van der Waals surface area (Å²) in [6, 6.07) is 7.47. The largest absolute Gasteiger partial charge is 0.496 e. The molecule has 2 amide bonds. The Morgan fingerprint density at radius 3 is 2.72 bits per heavy atom. The van der Waals surface area contributed by atoms with Gasteiger partial charge >= 0.3 is 6.03 Å². The predicted octanol–water partition coefficient (Wildman–Crippen LogP) is 1.06. The molecule has 1 aliphatic rings. The molecule has 1 aliphatic heterocycles. The van der Waals surface area contributed by atoms with Crippen molar-refractivity contribution in [1.82, 2.24) is 9.80 Å². The lowest BCUT2D eigenvalue weighted by molar-refractivity contribution is 0.196. The Labute approximate surface area is 107 Å². The van der Waals surface area contributed by atoms with Crippen molar-refractivity contribution in [3.8, 4) is 5.75 Å². The summed E-state index contributed by atoms with van der Waals surface area (Å²) >= 11 is 0. The Hall–Kier alpha value is -1.75. The van der Waals surface area contributed by atoms with E-state index >= 15 is 0 Å². The zero-order chi connectivity index (χ0) is 13.1. The molecule has 1 aromatic carbocycles. The smallest absolute Gasteiger partial charge is 0.319 e. The van der Waals surface area contributed by atoms with Crippen LogP contribution in [-0.4, -0.2) is 49.6 Å². The van der Waals surface area contributed by atoms with E-state index in [0.717, 1.165) is 24.4 Å². The lowest BCUT2D eigenvalue weighted by Crippen LogP contribution is -2.35. The third-order valence-corrected chi connectivity index (χ3v) is 3.26. The fourth-order valence-electron chi connectivity index (χ4n) is 2.18. The minimum absolute atomic E-state index is 0.0420. The minimum atomic E-state index is -0.225. The van der Waals surface area contributed by atoms with E-state index in [1.807, 2.05) is 24.3 Å². The second-order valence-electron chi connectivity index (χ2n) is 4.50. The van der Waals surface area contributed by atoms with Crippen LogP contribution in [-0.2, 0) is 0 Å². The number of rotatable bonds is 4. The summed E-state index contributed by atoms with van der Waals surface area (Å²) in [6.45, 7) is 2.01. The second kappa shape index (κ2) is 5.27. The number of benzene rings is 1. The van der Waals surface area contributed by atoms with Crippen molar-refractivity contribution in [2.75, 3.05) is 33.8 Å². The molecule has 0 aliphatic carbocycles. The molecular formula is C13H19N3O2. The van der Waals surface area contributed by atoms with E-state index in [4.69, 9.17) is 10.5 Å². The van der Waals surface area contributed by atoms with Crippen LogP contribution in [0.1, 0.15) is 11.6 Å². The molecule has 2 N–H and O–H groups in total. The van der Waals surface area contributed by atoms with Crippen LogP contribution in [0.4, 0.5) is 4.79 Å². The molecule has 1 saturated heterocycles. The molecule has 1 atom stereocenters. The zero-order valence-electron chi connectivity index (χ0n) is 10.8. The number of nitrogens with two attached hydrogens (primary N) is 1. The molecule has 1 heterocycles. The summed E-state index contributed by atoms with van der Waals surface area (Å²) in [5.41, 5.74) is 7.10. The van der Waals surface area contributed by atoms with Crippen LogP contribution in [0, 0.1) is 0 Å². The van der Waals surface area contributed by atoms with Gasteiger partial charge in [-0.15, -0.1) is 0 Å². The molecule has 0 saturated carbocycles. The van der Waals surface area contributed by atoms with E-state index in [2.05, 4.69) is 0 Å². The van der Waals surface area contributed by atoms with Crippen LogP contribution in [0.25, 0.3) is 0 Å². The number of methoxy groups -OCH3 is 1. The van der Waals surface area contributed by atoms with Gasteiger partial charge in [-0.05, 0) is 6.07 Å². The van der Waals surface area contributed by atoms with Crippen LogP contribution >= 0.6 is 0 Å². The van der Waals surface area contributed by atoms with Gasteiger partial charge in [0, 0.05) is 32.2 Å². The topological polar surface area (TPSA) is 58.8 Å². The van der Waals surface area contributed by atoms with E-state index in [1.165, 1.54) is 0 Å². The Bertz CT molecular complexity index is 436. The van der Waals surface area contributed by atoms with Gasteiger partial charge in [-0.3, -0.25) is 0 Å². The van der Waals surface area contributed by atoms with E-state index in [-0.39, 0.29) is 12.1 Å². The van der Waals surface area contributed by atoms with Crippen molar-refractivity contribution in [2.24, 2.45) is 5.73 Å². The highest BCUT2D eigenvalue weighted by molar-refractivity contribution is 5.76. The zero-order valence-corrected chi connectivity index (χ0v) is 10.8. The monoisotopic (exact) mass is 249 g/mol. The second-order valence-corrected chi connectivity index (χ2v) is 4.50. The highest BCUT2D eigenvalue weighted by Crippen LogP contribution is 2.24. The Morgan fingerprint density at radius 2 is 2.11 bits per heavy atom. The highest BCUT2D eigenvalue weighted by atomic mass is 16.5. The van der Waals surface area contributed by atoms with Gasteiger partial charge in [0.15, 0.2) is 0 Å². The van der Waals surface area contributed by atoms with Crippen molar-refractivity contribution in [1.29, 1.82) is 0 Å². The van der Waals surface area contributed by atoms with Crippen LogP contribution in [0.5, 0.6) is 5.75 Å². The average Bonchev–Trinajstić information content (AvgIpc) is 2.70. The van der Waals surface area contributed by atoms with Crippen LogP contribution in [0.15, 0.2) is 24.3 Å². The van der Waals surface area contributed by atoms with Crippen molar-refractivity contribution in [2.45, 2.75) is 6.04 Å². The Balaban J connectivity index is 2.08. The van der Waals surface area contributed by atoms with Gasteiger partial charge in [0.1, 0.15) is 5.75 Å². The summed E-state index contributed by atoms with van der Waals surface area (Å²) in [7, 11) is 3.43. The molecule has 98 valence electrons. The average molecular weight is 249 g/mol. The third kappa shape index (κ3) is 2.41. The molecule has 1 aromatic rings. The SMILES string of the molecule is COc1ccccc1C(N)CN1CCN(C)C1=O. The predicted molar refractivity (Wildman–Crippen MR) is 69.5 cm³/mol. The van der Waals surface area contributed by atoms with Gasteiger partial charge in [-0.1, -0.05) is 18.2 Å². The standard InChI is InChI=1S/C13H19N3O2/c1-15-7-8-16(13(15)17)9-11(14)10-5-3-4-6-12(10)18-2/h3-6,11H,7-9,14H2,1-2H3. The summed E-state index contributed by atoms with van der Waals surface area (Å²) in [5.74, 6) is 0.769.